The lowest BCUT2D eigenvalue weighted by molar-refractivity contribution is -0.159. The Morgan fingerprint density at radius 3 is 2.32 bits per heavy atom. The molecule has 1 fully saturated rings. The zero-order valence-electron chi connectivity index (χ0n) is 16.3. The fourth-order valence-corrected chi connectivity index (χ4v) is 3.64. The van der Waals surface area contributed by atoms with E-state index in [0.29, 0.717) is 12.0 Å². The number of carboxylic acid groups (broad SMARTS) is 2. The Bertz CT molecular complexity index is 753. The third kappa shape index (κ3) is 6.53. The first-order valence-electron chi connectivity index (χ1n) is 9.78. The smallest absolute Gasteiger partial charge is 0.414 e. The molecule has 0 heterocycles. The SMILES string of the molecule is CNCCC(Oc1cccc2ccccc12)C1CCCCC1.O=C(O)C(=O)O. The van der Waals surface area contributed by atoms with E-state index >= 15 is 0 Å². The Kier molecular flexibility index (Phi) is 8.75. The molecule has 6 nitrogen and oxygen atoms in total. The van der Waals surface area contributed by atoms with Gasteiger partial charge in [0.2, 0.25) is 0 Å². The van der Waals surface area contributed by atoms with E-state index in [-0.39, 0.29) is 0 Å². The maximum Gasteiger partial charge on any atom is 0.414 e. The Morgan fingerprint density at radius 1 is 1.04 bits per heavy atom. The number of fused-ring (bicyclic) bond motifs is 1. The van der Waals surface area contributed by atoms with Crippen LogP contribution in [-0.4, -0.2) is 41.8 Å². The first kappa shape index (κ1) is 21.7. The standard InChI is InChI=1S/C20H27NO.C2H2O4/c1-21-15-14-19(17-9-3-2-4-10-17)22-20-13-7-11-16-8-5-6-12-18(16)20;3-1(4)2(5)6/h5-8,11-13,17,19,21H,2-4,9-10,14-15H2,1H3;(H,3,4)(H,5,6). The molecule has 0 aromatic heterocycles. The Hall–Kier alpha value is -2.60. The molecule has 2 aromatic rings. The van der Waals surface area contributed by atoms with Gasteiger partial charge >= 0.3 is 11.9 Å². The normalized spacial score (nSPS) is 15.3. The number of carboxylic acids is 2. The van der Waals surface area contributed by atoms with Crippen LogP contribution in [0.25, 0.3) is 10.8 Å². The van der Waals surface area contributed by atoms with Crippen LogP contribution in [0, 0.1) is 5.92 Å². The van der Waals surface area contributed by atoms with Gasteiger partial charge in [0.05, 0.1) is 0 Å². The van der Waals surface area contributed by atoms with E-state index in [2.05, 4.69) is 47.8 Å². The molecule has 6 heteroatoms. The predicted molar refractivity (Wildman–Crippen MR) is 109 cm³/mol. The van der Waals surface area contributed by atoms with E-state index in [4.69, 9.17) is 24.5 Å². The average Bonchev–Trinajstić information content (AvgIpc) is 2.72. The molecule has 0 bridgehead atoms. The van der Waals surface area contributed by atoms with Gasteiger partial charge in [-0.15, -0.1) is 0 Å². The summed E-state index contributed by atoms with van der Waals surface area (Å²) in [7, 11) is 2.02. The lowest BCUT2D eigenvalue weighted by Gasteiger charge is -2.31. The van der Waals surface area contributed by atoms with E-state index in [0.717, 1.165) is 18.7 Å². The summed E-state index contributed by atoms with van der Waals surface area (Å²) in [5.74, 6) is -1.89. The van der Waals surface area contributed by atoms with Crippen molar-refractivity contribution in [1.29, 1.82) is 0 Å². The zero-order chi connectivity index (χ0) is 20.4. The van der Waals surface area contributed by atoms with Gasteiger partial charge in [-0.1, -0.05) is 55.7 Å². The molecule has 28 heavy (non-hydrogen) atoms. The highest BCUT2D eigenvalue weighted by molar-refractivity contribution is 6.27. The summed E-state index contributed by atoms with van der Waals surface area (Å²) in [6.45, 7) is 1.02. The first-order chi connectivity index (χ1) is 13.5. The van der Waals surface area contributed by atoms with E-state index in [1.165, 1.54) is 42.9 Å². The molecule has 3 rings (SSSR count). The van der Waals surface area contributed by atoms with Gasteiger partial charge in [0.15, 0.2) is 0 Å². The second-order valence-electron chi connectivity index (χ2n) is 7.03. The highest BCUT2D eigenvalue weighted by atomic mass is 16.5. The molecule has 0 aliphatic heterocycles. The maximum absolute atomic E-state index is 9.10. The number of rotatable bonds is 6. The highest BCUT2D eigenvalue weighted by Gasteiger charge is 2.25. The quantitative estimate of drug-likeness (QED) is 0.650. The Morgan fingerprint density at radius 2 is 1.68 bits per heavy atom. The average molecular weight is 387 g/mol. The number of hydrogen-bond donors (Lipinski definition) is 3. The third-order valence-electron chi connectivity index (χ3n) is 5.07. The first-order valence-corrected chi connectivity index (χ1v) is 9.78. The van der Waals surface area contributed by atoms with Crippen molar-refractivity contribution in [2.24, 2.45) is 5.92 Å². The molecular formula is C22H29NO5. The zero-order valence-corrected chi connectivity index (χ0v) is 16.3. The topological polar surface area (TPSA) is 95.9 Å². The molecule has 0 amide bonds. The molecule has 0 saturated heterocycles. The molecule has 3 N–H and O–H groups in total. The van der Waals surface area contributed by atoms with Crippen molar-refractivity contribution in [1.82, 2.24) is 5.32 Å². The number of hydrogen-bond acceptors (Lipinski definition) is 4. The number of aliphatic carboxylic acids is 2. The Balaban J connectivity index is 0.000000409. The van der Waals surface area contributed by atoms with Gasteiger partial charge < -0.3 is 20.3 Å². The van der Waals surface area contributed by atoms with E-state index in [9.17, 15) is 0 Å². The largest absolute Gasteiger partial charge is 0.489 e. The van der Waals surface area contributed by atoms with Crippen molar-refractivity contribution >= 4 is 22.7 Å². The molecule has 0 radical (unpaired) electrons. The minimum Gasteiger partial charge on any atom is -0.489 e. The number of nitrogens with one attached hydrogen (secondary N) is 1. The van der Waals surface area contributed by atoms with Crippen molar-refractivity contribution in [2.45, 2.75) is 44.6 Å². The number of carbonyl (C=O) groups is 2. The van der Waals surface area contributed by atoms with Gasteiger partial charge in [-0.25, -0.2) is 9.59 Å². The predicted octanol–water partition coefficient (Wildman–Crippen LogP) is 3.93. The van der Waals surface area contributed by atoms with E-state index < -0.39 is 11.9 Å². The van der Waals surface area contributed by atoms with Gasteiger partial charge in [0, 0.05) is 5.39 Å². The van der Waals surface area contributed by atoms with Gasteiger partial charge in [0.1, 0.15) is 11.9 Å². The van der Waals surface area contributed by atoms with Crippen LogP contribution in [0.4, 0.5) is 0 Å². The molecular weight excluding hydrogens is 358 g/mol. The second-order valence-corrected chi connectivity index (χ2v) is 7.03. The second kappa shape index (κ2) is 11.3. The molecule has 2 aromatic carbocycles. The van der Waals surface area contributed by atoms with Gasteiger partial charge in [-0.2, -0.15) is 0 Å². The van der Waals surface area contributed by atoms with Crippen LogP contribution in [0.3, 0.4) is 0 Å². The van der Waals surface area contributed by atoms with Crippen LogP contribution in [-0.2, 0) is 9.59 Å². The molecule has 1 aliphatic rings. The Labute approximate surface area is 165 Å². The fraction of sp³-hybridized carbons (Fsp3) is 0.455. The summed E-state index contributed by atoms with van der Waals surface area (Å²) >= 11 is 0. The summed E-state index contributed by atoms with van der Waals surface area (Å²) in [5, 5.41) is 20.6. The van der Waals surface area contributed by atoms with Crippen molar-refractivity contribution in [3.05, 3.63) is 42.5 Å². The molecule has 1 aliphatic carbocycles. The van der Waals surface area contributed by atoms with Gasteiger partial charge in [-0.05, 0) is 50.2 Å². The monoisotopic (exact) mass is 387 g/mol. The minimum absolute atomic E-state index is 0.332. The summed E-state index contributed by atoms with van der Waals surface area (Å²) in [6, 6.07) is 14.9. The summed E-state index contributed by atoms with van der Waals surface area (Å²) in [4.78, 5) is 18.2. The lowest BCUT2D eigenvalue weighted by Crippen LogP contribution is -2.31. The van der Waals surface area contributed by atoms with Crippen LogP contribution in [0.1, 0.15) is 38.5 Å². The van der Waals surface area contributed by atoms with Crippen molar-refractivity contribution in [2.75, 3.05) is 13.6 Å². The molecule has 152 valence electrons. The van der Waals surface area contributed by atoms with E-state index in [1.807, 2.05) is 7.05 Å². The lowest BCUT2D eigenvalue weighted by atomic mass is 9.84. The van der Waals surface area contributed by atoms with Gasteiger partial charge in [-0.3, -0.25) is 0 Å². The molecule has 1 saturated carbocycles. The van der Waals surface area contributed by atoms with Crippen LogP contribution >= 0.6 is 0 Å². The third-order valence-corrected chi connectivity index (χ3v) is 5.07. The van der Waals surface area contributed by atoms with Crippen LogP contribution in [0.5, 0.6) is 5.75 Å². The highest BCUT2D eigenvalue weighted by Crippen LogP contribution is 2.33. The fourth-order valence-electron chi connectivity index (χ4n) is 3.64. The number of benzene rings is 2. The maximum atomic E-state index is 9.10. The van der Waals surface area contributed by atoms with Crippen LogP contribution in [0.15, 0.2) is 42.5 Å². The molecule has 1 atom stereocenters. The number of ether oxygens (including phenoxy) is 1. The van der Waals surface area contributed by atoms with Crippen molar-refractivity contribution < 1.29 is 24.5 Å². The summed E-state index contributed by atoms with van der Waals surface area (Å²) < 4.78 is 6.53. The van der Waals surface area contributed by atoms with Crippen LogP contribution < -0.4 is 10.1 Å². The molecule has 1 unspecified atom stereocenters. The summed E-state index contributed by atoms with van der Waals surface area (Å²) in [6.07, 6.45) is 8.17. The van der Waals surface area contributed by atoms with E-state index in [1.54, 1.807) is 0 Å². The van der Waals surface area contributed by atoms with Gasteiger partial charge in [0.25, 0.3) is 0 Å². The van der Waals surface area contributed by atoms with Crippen molar-refractivity contribution in [3.8, 4) is 5.75 Å². The van der Waals surface area contributed by atoms with Crippen molar-refractivity contribution in [3.63, 3.8) is 0 Å². The van der Waals surface area contributed by atoms with Crippen LogP contribution in [0.2, 0.25) is 0 Å². The molecule has 0 spiro atoms. The minimum atomic E-state index is -1.82. The summed E-state index contributed by atoms with van der Waals surface area (Å²) in [5.41, 5.74) is 0.